The first kappa shape index (κ1) is 11.3. The maximum Gasteiger partial charge on any atom is 0.297 e. The van der Waals surface area contributed by atoms with Crippen LogP contribution in [0.3, 0.4) is 0 Å². The Bertz CT molecular complexity index is 554. The maximum absolute atomic E-state index is 11.9. The van der Waals surface area contributed by atoms with Crippen LogP contribution in [0.15, 0.2) is 22.6 Å². The lowest BCUT2D eigenvalue weighted by molar-refractivity contribution is -0.384. The lowest BCUT2D eigenvalue weighted by Gasteiger charge is -2.17. The van der Waals surface area contributed by atoms with Crippen molar-refractivity contribution in [2.24, 2.45) is 4.36 Å². The van der Waals surface area contributed by atoms with Crippen molar-refractivity contribution in [2.75, 3.05) is 11.5 Å². The van der Waals surface area contributed by atoms with Gasteiger partial charge in [-0.3, -0.25) is 10.1 Å². The van der Waals surface area contributed by atoms with Gasteiger partial charge in [-0.25, -0.2) is 4.21 Å². The zero-order valence-electron chi connectivity index (χ0n) is 8.26. The summed E-state index contributed by atoms with van der Waals surface area (Å²) in [4.78, 5) is 10.2. The molecule has 1 saturated heterocycles. The molecule has 1 fully saturated rings. The molecule has 0 unspecified atom stereocenters. The van der Waals surface area contributed by atoms with Crippen LogP contribution in [0.25, 0.3) is 0 Å². The van der Waals surface area contributed by atoms with Crippen molar-refractivity contribution < 1.29 is 9.13 Å². The van der Waals surface area contributed by atoms with Gasteiger partial charge < -0.3 is 0 Å². The second-order valence-electron chi connectivity index (χ2n) is 3.49. The van der Waals surface area contributed by atoms with E-state index >= 15 is 0 Å². The third kappa shape index (κ3) is 2.03. The predicted octanol–water partition coefficient (Wildman–Crippen LogP) is 2.75. The molecule has 1 aromatic carbocycles. The Morgan fingerprint density at radius 2 is 2.12 bits per heavy atom. The normalized spacial score (nSPS) is 17.6. The van der Waals surface area contributed by atoms with Crippen LogP contribution in [0.4, 0.5) is 11.4 Å². The zero-order chi connectivity index (χ0) is 11.8. The van der Waals surface area contributed by atoms with E-state index in [0.717, 1.165) is 6.42 Å². The molecule has 2 rings (SSSR count). The molecule has 0 aromatic heterocycles. The first-order chi connectivity index (χ1) is 7.52. The number of hydrogen-bond donors (Lipinski definition) is 0. The lowest BCUT2D eigenvalue weighted by Crippen LogP contribution is -2.23. The van der Waals surface area contributed by atoms with E-state index in [9.17, 15) is 14.3 Å². The van der Waals surface area contributed by atoms with Crippen LogP contribution in [0, 0.1) is 10.1 Å². The molecule has 1 heterocycles. The quantitative estimate of drug-likeness (QED) is 0.606. The minimum absolute atomic E-state index is 0.0406. The summed E-state index contributed by atoms with van der Waals surface area (Å²) >= 11 is 5.84. The van der Waals surface area contributed by atoms with E-state index in [0.29, 0.717) is 11.5 Å². The molecule has 1 aliphatic rings. The molecule has 0 amide bonds. The first-order valence-electron chi connectivity index (χ1n) is 4.67. The van der Waals surface area contributed by atoms with E-state index in [4.69, 9.17) is 11.6 Å². The van der Waals surface area contributed by atoms with Crippen molar-refractivity contribution in [3.05, 3.63) is 33.3 Å². The fourth-order valence-electron chi connectivity index (χ4n) is 1.39. The molecular weight excluding hydrogens is 252 g/mol. The third-order valence-corrected chi connectivity index (χ3v) is 5.02. The van der Waals surface area contributed by atoms with Gasteiger partial charge in [-0.15, -0.1) is 0 Å². The predicted molar refractivity (Wildman–Crippen MR) is 62.7 cm³/mol. The number of benzene rings is 1. The highest BCUT2D eigenvalue weighted by Gasteiger charge is 2.23. The SMILES string of the molecule is O=[N+]([O-])c1cccc(Cl)c1N=S1(=O)CCC1. The fourth-order valence-corrected chi connectivity index (χ4v) is 3.14. The molecule has 0 N–H and O–H groups in total. The van der Waals surface area contributed by atoms with Gasteiger partial charge in [0.2, 0.25) is 0 Å². The van der Waals surface area contributed by atoms with Gasteiger partial charge in [-0.2, -0.15) is 4.36 Å². The van der Waals surface area contributed by atoms with Crippen LogP contribution in [0.2, 0.25) is 5.02 Å². The van der Waals surface area contributed by atoms with E-state index in [-0.39, 0.29) is 16.4 Å². The Kier molecular flexibility index (Phi) is 2.86. The highest BCUT2D eigenvalue weighted by molar-refractivity contribution is 7.95. The minimum Gasteiger partial charge on any atom is -0.258 e. The van der Waals surface area contributed by atoms with Gasteiger partial charge in [0.15, 0.2) is 5.69 Å². The van der Waals surface area contributed by atoms with E-state index in [1.807, 2.05) is 0 Å². The Balaban J connectivity index is 2.59. The number of halogens is 1. The van der Waals surface area contributed by atoms with Gasteiger partial charge in [-0.05, 0) is 12.5 Å². The molecule has 0 bridgehead atoms. The topological polar surface area (TPSA) is 72.6 Å². The standard InChI is InChI=1S/C9H9ClN2O3S/c10-7-3-1-4-8(12(13)14)9(7)11-16(15)5-2-6-16/h1,3-4H,2,5-6H2. The van der Waals surface area contributed by atoms with E-state index in [1.165, 1.54) is 18.2 Å². The van der Waals surface area contributed by atoms with E-state index < -0.39 is 14.7 Å². The molecular formula is C9H9ClN2O3S. The molecule has 16 heavy (non-hydrogen) atoms. The molecule has 1 aromatic rings. The number of nitrogens with zero attached hydrogens (tertiary/aromatic N) is 2. The molecule has 1 aliphatic heterocycles. The highest BCUT2D eigenvalue weighted by atomic mass is 35.5. The van der Waals surface area contributed by atoms with Crippen LogP contribution < -0.4 is 0 Å². The first-order valence-corrected chi connectivity index (χ1v) is 6.90. The fraction of sp³-hybridized carbons (Fsp3) is 0.333. The van der Waals surface area contributed by atoms with Gasteiger partial charge in [0, 0.05) is 17.6 Å². The Morgan fingerprint density at radius 1 is 1.44 bits per heavy atom. The summed E-state index contributed by atoms with van der Waals surface area (Å²) in [5.41, 5.74) is -0.152. The Labute approximate surface area is 97.8 Å². The molecule has 86 valence electrons. The zero-order valence-corrected chi connectivity index (χ0v) is 9.83. The van der Waals surface area contributed by atoms with E-state index in [2.05, 4.69) is 4.36 Å². The van der Waals surface area contributed by atoms with Crippen LogP contribution in [0.5, 0.6) is 0 Å². The largest absolute Gasteiger partial charge is 0.297 e. The molecule has 0 atom stereocenters. The van der Waals surface area contributed by atoms with Gasteiger partial charge in [0.25, 0.3) is 5.69 Å². The molecule has 0 aliphatic carbocycles. The minimum atomic E-state index is -2.28. The van der Waals surface area contributed by atoms with Crippen molar-refractivity contribution in [3.63, 3.8) is 0 Å². The van der Waals surface area contributed by atoms with Crippen LogP contribution >= 0.6 is 11.6 Å². The summed E-state index contributed by atoms with van der Waals surface area (Å²) in [7, 11) is -2.28. The van der Waals surface area contributed by atoms with Crippen molar-refractivity contribution in [1.29, 1.82) is 0 Å². The lowest BCUT2D eigenvalue weighted by atomic mass is 10.3. The highest BCUT2D eigenvalue weighted by Crippen LogP contribution is 2.36. The number of nitro groups is 1. The van der Waals surface area contributed by atoms with Crippen LogP contribution in [-0.2, 0) is 9.73 Å². The molecule has 0 radical (unpaired) electrons. The second-order valence-corrected chi connectivity index (χ2v) is 6.44. The van der Waals surface area contributed by atoms with Crippen LogP contribution in [-0.4, -0.2) is 20.6 Å². The van der Waals surface area contributed by atoms with Gasteiger partial charge in [-0.1, -0.05) is 17.7 Å². The van der Waals surface area contributed by atoms with Gasteiger partial charge in [0.05, 0.1) is 19.7 Å². The summed E-state index contributed by atoms with van der Waals surface area (Å²) in [5.74, 6) is 0.991. The van der Waals surface area contributed by atoms with Gasteiger partial charge in [0.1, 0.15) is 0 Å². The smallest absolute Gasteiger partial charge is 0.258 e. The number of hydrogen-bond acceptors (Lipinski definition) is 4. The molecule has 7 heteroatoms. The second kappa shape index (κ2) is 4.03. The summed E-state index contributed by atoms with van der Waals surface area (Å²) < 4.78 is 15.9. The summed E-state index contributed by atoms with van der Waals surface area (Å²) in [5, 5.41) is 10.9. The summed E-state index contributed by atoms with van der Waals surface area (Å²) in [6.45, 7) is 0. The van der Waals surface area contributed by atoms with Gasteiger partial charge >= 0.3 is 0 Å². The summed E-state index contributed by atoms with van der Waals surface area (Å²) in [6, 6.07) is 4.30. The van der Waals surface area contributed by atoms with Crippen molar-refractivity contribution in [2.45, 2.75) is 6.42 Å². The van der Waals surface area contributed by atoms with Crippen molar-refractivity contribution in [1.82, 2.24) is 0 Å². The third-order valence-electron chi connectivity index (χ3n) is 2.35. The maximum atomic E-state index is 11.9. The molecule has 0 spiro atoms. The van der Waals surface area contributed by atoms with Crippen molar-refractivity contribution in [3.8, 4) is 0 Å². The van der Waals surface area contributed by atoms with Crippen LogP contribution in [0.1, 0.15) is 6.42 Å². The number of rotatable bonds is 2. The average Bonchev–Trinajstić information content (AvgIpc) is 2.18. The summed E-state index contributed by atoms with van der Waals surface area (Å²) in [6.07, 6.45) is 0.848. The van der Waals surface area contributed by atoms with Crippen molar-refractivity contribution >= 4 is 32.7 Å². The number of nitro benzene ring substituents is 1. The Morgan fingerprint density at radius 3 is 2.62 bits per heavy atom. The van der Waals surface area contributed by atoms with E-state index in [1.54, 1.807) is 0 Å². The average molecular weight is 261 g/mol. The molecule has 0 saturated carbocycles. The molecule has 5 nitrogen and oxygen atoms in total. The Hall–Kier alpha value is -1.14. The monoisotopic (exact) mass is 260 g/mol.